The minimum absolute atomic E-state index is 0.0585. The molecular weight excluding hydrogens is 390 g/mol. The highest BCUT2D eigenvalue weighted by Gasteiger charge is 2.30. The van der Waals surface area contributed by atoms with Crippen molar-refractivity contribution >= 4 is 17.6 Å². The van der Waals surface area contributed by atoms with E-state index in [1.165, 1.54) is 0 Å². The van der Waals surface area contributed by atoms with Crippen LogP contribution in [0.5, 0.6) is 5.75 Å². The average molecular weight is 415 g/mol. The molecule has 2 heterocycles. The molecule has 1 atom stereocenters. The molecule has 0 saturated heterocycles. The van der Waals surface area contributed by atoms with Crippen LogP contribution in [0.3, 0.4) is 0 Å². The van der Waals surface area contributed by atoms with Crippen LogP contribution in [0.25, 0.3) is 11.1 Å². The number of carbonyl (C=O) groups is 1. The number of hydrazone groups is 1. The fourth-order valence-electron chi connectivity index (χ4n) is 3.50. The van der Waals surface area contributed by atoms with Crippen LogP contribution in [0.15, 0.2) is 78.0 Å². The Kier molecular flexibility index (Phi) is 5.84. The van der Waals surface area contributed by atoms with Crippen LogP contribution in [0, 0.1) is 0 Å². The first-order valence-electron chi connectivity index (χ1n) is 10.2. The summed E-state index contributed by atoms with van der Waals surface area (Å²) in [6.45, 7) is 4.00. The largest absolute Gasteiger partial charge is 0.490 e. The first kappa shape index (κ1) is 20.4. The Hall–Kier alpha value is -3.87. The summed E-state index contributed by atoms with van der Waals surface area (Å²) < 4.78 is 5.98. The van der Waals surface area contributed by atoms with E-state index in [0.29, 0.717) is 12.2 Å². The van der Waals surface area contributed by atoms with Gasteiger partial charge in [-0.2, -0.15) is 0 Å². The van der Waals surface area contributed by atoms with Gasteiger partial charge in [-0.25, -0.2) is 9.99 Å². The fourth-order valence-corrected chi connectivity index (χ4v) is 3.50. The smallest absolute Gasteiger partial charge is 0.286 e. The lowest BCUT2D eigenvalue weighted by molar-refractivity contribution is -0.112. The van der Waals surface area contributed by atoms with E-state index in [1.54, 1.807) is 11.2 Å². The summed E-state index contributed by atoms with van der Waals surface area (Å²) in [5.74, 6) is 0.932. The van der Waals surface area contributed by atoms with E-state index in [-0.39, 0.29) is 18.1 Å². The second-order valence-electron chi connectivity index (χ2n) is 7.57. The van der Waals surface area contributed by atoms with E-state index < -0.39 is 5.91 Å². The Balaban J connectivity index is 1.68. The van der Waals surface area contributed by atoms with Gasteiger partial charge in [0, 0.05) is 18.2 Å². The number of anilines is 1. The highest BCUT2D eigenvalue weighted by molar-refractivity contribution is 6.38. The lowest BCUT2D eigenvalue weighted by Crippen LogP contribution is -2.43. The van der Waals surface area contributed by atoms with E-state index in [2.05, 4.69) is 15.4 Å². The first-order valence-corrected chi connectivity index (χ1v) is 10.2. The van der Waals surface area contributed by atoms with E-state index in [9.17, 15) is 4.79 Å². The minimum atomic E-state index is -0.604. The third-order valence-electron chi connectivity index (χ3n) is 4.85. The topological polar surface area (TPSA) is 92.8 Å². The summed E-state index contributed by atoms with van der Waals surface area (Å²) in [6, 6.07) is 21.8. The van der Waals surface area contributed by atoms with Crippen LogP contribution in [0.2, 0.25) is 0 Å². The number of para-hydroxylation sites is 1. The summed E-state index contributed by atoms with van der Waals surface area (Å²) in [7, 11) is 0. The molecular formula is C24H25N5O2. The van der Waals surface area contributed by atoms with E-state index in [0.717, 1.165) is 22.4 Å². The molecule has 1 aromatic heterocycles. The Morgan fingerprint density at radius 3 is 2.61 bits per heavy atom. The van der Waals surface area contributed by atoms with Crippen LogP contribution in [0.1, 0.15) is 19.4 Å². The van der Waals surface area contributed by atoms with Gasteiger partial charge in [-0.3, -0.25) is 4.79 Å². The molecule has 7 heteroatoms. The third kappa shape index (κ3) is 4.66. The number of hydrogen-bond donors (Lipinski definition) is 2. The number of hydrogen-bond acceptors (Lipinski definition) is 6. The maximum atomic E-state index is 11.8. The number of ether oxygens (including phenoxy) is 1. The maximum absolute atomic E-state index is 11.8. The quantitative estimate of drug-likeness (QED) is 0.618. The first-order chi connectivity index (χ1) is 15.0. The van der Waals surface area contributed by atoms with Gasteiger partial charge in [0.05, 0.1) is 6.10 Å². The number of amidine groups is 1. The highest BCUT2D eigenvalue weighted by atomic mass is 16.5. The number of primary amides is 1. The van der Waals surface area contributed by atoms with Crippen LogP contribution in [-0.2, 0) is 11.2 Å². The van der Waals surface area contributed by atoms with E-state index >= 15 is 0 Å². The number of pyridine rings is 1. The van der Waals surface area contributed by atoms with Crippen molar-refractivity contribution < 1.29 is 9.53 Å². The van der Waals surface area contributed by atoms with Crippen LogP contribution in [-0.4, -0.2) is 29.0 Å². The zero-order chi connectivity index (χ0) is 21.8. The summed E-state index contributed by atoms with van der Waals surface area (Å²) >= 11 is 0. The summed E-state index contributed by atoms with van der Waals surface area (Å²) in [5.41, 5.74) is 8.50. The summed E-state index contributed by atoms with van der Waals surface area (Å²) in [5, 5.41) is 9.24. The third-order valence-corrected chi connectivity index (χ3v) is 4.85. The average Bonchev–Trinajstić information content (AvgIpc) is 3.19. The molecule has 0 bridgehead atoms. The van der Waals surface area contributed by atoms with Gasteiger partial charge in [0.15, 0.2) is 5.82 Å². The second kappa shape index (κ2) is 8.87. The molecule has 2 aromatic carbocycles. The van der Waals surface area contributed by atoms with Crippen molar-refractivity contribution in [3.05, 3.63) is 78.5 Å². The SMILES string of the molecule is CC(C)Oc1ccccc1-c1ccnc(N2N=C(C(N)=O)NC2Cc2ccccc2)c1. The van der Waals surface area contributed by atoms with Crippen molar-refractivity contribution in [2.45, 2.75) is 32.5 Å². The fraction of sp³-hybridized carbons (Fsp3) is 0.208. The van der Waals surface area contributed by atoms with Crippen molar-refractivity contribution in [3.63, 3.8) is 0 Å². The van der Waals surface area contributed by atoms with Crippen LogP contribution in [0.4, 0.5) is 5.82 Å². The molecule has 1 unspecified atom stereocenters. The molecule has 0 radical (unpaired) electrons. The van der Waals surface area contributed by atoms with Gasteiger partial charge in [-0.05, 0) is 43.2 Å². The number of aromatic nitrogens is 1. The van der Waals surface area contributed by atoms with Crippen molar-refractivity contribution in [2.75, 3.05) is 5.01 Å². The predicted octanol–water partition coefficient (Wildman–Crippen LogP) is 3.31. The molecule has 158 valence electrons. The number of nitrogens with one attached hydrogen (secondary N) is 1. The van der Waals surface area contributed by atoms with Crippen LogP contribution < -0.4 is 20.8 Å². The molecule has 4 rings (SSSR count). The van der Waals surface area contributed by atoms with E-state index in [4.69, 9.17) is 10.5 Å². The van der Waals surface area contributed by atoms with Crippen molar-refractivity contribution in [3.8, 4) is 16.9 Å². The Labute approximate surface area is 181 Å². The molecule has 1 aliphatic rings. The molecule has 0 aliphatic carbocycles. The van der Waals surface area contributed by atoms with Gasteiger partial charge in [0.2, 0.25) is 5.84 Å². The Morgan fingerprint density at radius 2 is 1.87 bits per heavy atom. The maximum Gasteiger partial charge on any atom is 0.286 e. The molecule has 0 spiro atoms. The zero-order valence-corrected chi connectivity index (χ0v) is 17.5. The zero-order valence-electron chi connectivity index (χ0n) is 17.5. The Morgan fingerprint density at radius 1 is 1.13 bits per heavy atom. The molecule has 0 saturated carbocycles. The molecule has 1 amide bonds. The molecule has 31 heavy (non-hydrogen) atoms. The number of nitrogens with zero attached hydrogens (tertiary/aromatic N) is 3. The van der Waals surface area contributed by atoms with Crippen LogP contribution >= 0.6 is 0 Å². The molecule has 0 fully saturated rings. The van der Waals surface area contributed by atoms with Gasteiger partial charge in [-0.15, -0.1) is 5.10 Å². The van der Waals surface area contributed by atoms with Gasteiger partial charge in [-0.1, -0.05) is 48.5 Å². The summed E-state index contributed by atoms with van der Waals surface area (Å²) in [4.78, 5) is 16.3. The lowest BCUT2D eigenvalue weighted by atomic mass is 10.1. The molecule has 3 aromatic rings. The standard InChI is InChI=1S/C24H25N5O2/c1-16(2)31-20-11-7-6-10-19(20)18-12-13-26-21(15-18)29-22(27-24(28-29)23(25)30)14-17-8-4-3-5-9-17/h3-13,15-16,22H,14H2,1-2H3,(H2,25,30)(H,27,28). The normalized spacial score (nSPS) is 15.5. The highest BCUT2D eigenvalue weighted by Crippen LogP contribution is 2.33. The number of benzene rings is 2. The van der Waals surface area contributed by atoms with Crippen molar-refractivity contribution in [1.82, 2.24) is 10.3 Å². The monoisotopic (exact) mass is 415 g/mol. The Bertz CT molecular complexity index is 1100. The lowest BCUT2D eigenvalue weighted by Gasteiger charge is -2.23. The number of rotatable bonds is 7. The number of amides is 1. The summed E-state index contributed by atoms with van der Waals surface area (Å²) in [6.07, 6.45) is 2.13. The van der Waals surface area contributed by atoms with Crippen molar-refractivity contribution in [1.29, 1.82) is 0 Å². The van der Waals surface area contributed by atoms with Gasteiger partial charge in [0.25, 0.3) is 5.91 Å². The number of carbonyl (C=O) groups excluding carboxylic acids is 1. The van der Waals surface area contributed by atoms with Gasteiger partial charge >= 0.3 is 0 Å². The second-order valence-corrected chi connectivity index (χ2v) is 7.57. The number of nitrogens with two attached hydrogens (primary N) is 1. The van der Waals surface area contributed by atoms with Gasteiger partial charge in [0.1, 0.15) is 11.9 Å². The molecule has 7 nitrogen and oxygen atoms in total. The minimum Gasteiger partial charge on any atom is -0.490 e. The van der Waals surface area contributed by atoms with Crippen molar-refractivity contribution in [2.24, 2.45) is 10.8 Å². The van der Waals surface area contributed by atoms with Gasteiger partial charge < -0.3 is 15.8 Å². The molecule has 1 aliphatic heterocycles. The van der Waals surface area contributed by atoms with E-state index in [1.807, 2.05) is 80.6 Å². The molecule has 3 N–H and O–H groups in total. The predicted molar refractivity (Wildman–Crippen MR) is 122 cm³/mol.